The fourth-order valence-corrected chi connectivity index (χ4v) is 4.51. The number of halogens is 2. The third-order valence-corrected chi connectivity index (χ3v) is 6.20. The first-order valence-corrected chi connectivity index (χ1v) is 11.3. The molecule has 2 saturated heterocycles. The van der Waals surface area contributed by atoms with Crippen LogP contribution >= 0.6 is 0 Å². The van der Waals surface area contributed by atoms with E-state index in [1.54, 1.807) is 29.2 Å². The van der Waals surface area contributed by atoms with Gasteiger partial charge in [0.15, 0.2) is 11.6 Å². The Bertz CT molecular complexity index is 986. The number of rotatable bonds is 6. The molecule has 0 radical (unpaired) electrons. The lowest BCUT2D eigenvalue weighted by Gasteiger charge is -2.29. The molecule has 4 rings (SSSR count). The largest absolute Gasteiger partial charge is 0.465 e. The van der Waals surface area contributed by atoms with Gasteiger partial charge in [0.05, 0.1) is 0 Å². The van der Waals surface area contributed by atoms with E-state index in [0.29, 0.717) is 43.9 Å². The molecule has 3 N–H and O–H groups in total. The van der Waals surface area contributed by atoms with Crippen LogP contribution in [0.4, 0.5) is 30.6 Å². The average Bonchev–Trinajstić information content (AvgIpc) is 3.29. The first kappa shape index (κ1) is 22.8. The van der Waals surface area contributed by atoms with Gasteiger partial charge in [-0.15, -0.1) is 0 Å². The Labute approximate surface area is 191 Å². The standard InChI is InChI=1S/C24H28F2N4O3/c25-19-13-18(14-20(26)22(19)29-10-2-1-3-11-29)28-17-8-6-16(7-9-17)15-27-23(31)21-5-4-12-30(21)24(32)33/h6-9,13-14,21,28H,1-5,10-12,15H2,(H,27,31)(H,32,33). The predicted molar refractivity (Wildman–Crippen MR) is 122 cm³/mol. The molecule has 176 valence electrons. The van der Waals surface area contributed by atoms with Crippen molar-refractivity contribution in [1.29, 1.82) is 0 Å². The second-order valence-electron chi connectivity index (χ2n) is 8.51. The molecule has 0 aliphatic carbocycles. The zero-order valence-electron chi connectivity index (χ0n) is 18.3. The van der Waals surface area contributed by atoms with Crippen LogP contribution in [0.15, 0.2) is 36.4 Å². The summed E-state index contributed by atoms with van der Waals surface area (Å²) in [5.74, 6) is -1.47. The zero-order chi connectivity index (χ0) is 23.4. The first-order chi connectivity index (χ1) is 15.9. The van der Waals surface area contributed by atoms with Gasteiger partial charge in [-0.3, -0.25) is 9.69 Å². The van der Waals surface area contributed by atoms with Crippen molar-refractivity contribution in [3.05, 3.63) is 53.6 Å². The van der Waals surface area contributed by atoms with E-state index in [0.717, 1.165) is 29.7 Å². The van der Waals surface area contributed by atoms with Crippen molar-refractivity contribution >= 4 is 29.1 Å². The smallest absolute Gasteiger partial charge is 0.407 e. The quantitative estimate of drug-likeness (QED) is 0.595. The topological polar surface area (TPSA) is 84.9 Å². The molecule has 1 atom stereocenters. The number of anilines is 3. The highest BCUT2D eigenvalue weighted by Gasteiger charge is 2.33. The lowest BCUT2D eigenvalue weighted by atomic mass is 10.1. The summed E-state index contributed by atoms with van der Waals surface area (Å²) in [6.45, 7) is 1.95. The average molecular weight is 459 g/mol. The van der Waals surface area contributed by atoms with Gasteiger partial charge in [0.25, 0.3) is 0 Å². The van der Waals surface area contributed by atoms with Gasteiger partial charge in [-0.05, 0) is 61.9 Å². The lowest BCUT2D eigenvalue weighted by Crippen LogP contribution is -2.45. The van der Waals surface area contributed by atoms with E-state index in [2.05, 4.69) is 10.6 Å². The Balaban J connectivity index is 1.35. The maximum Gasteiger partial charge on any atom is 0.407 e. The Morgan fingerprint density at radius 2 is 1.61 bits per heavy atom. The summed E-state index contributed by atoms with van der Waals surface area (Å²) < 4.78 is 29.3. The third-order valence-electron chi connectivity index (χ3n) is 6.20. The van der Waals surface area contributed by atoms with Crippen LogP contribution in [-0.2, 0) is 11.3 Å². The molecule has 9 heteroatoms. The number of benzene rings is 2. The van der Waals surface area contributed by atoms with Gasteiger partial charge in [-0.25, -0.2) is 13.6 Å². The molecule has 0 saturated carbocycles. The summed E-state index contributed by atoms with van der Waals surface area (Å²) >= 11 is 0. The number of likely N-dealkylation sites (tertiary alicyclic amines) is 1. The van der Waals surface area contributed by atoms with Gasteiger partial charge in [-0.2, -0.15) is 0 Å². The maximum atomic E-state index is 14.6. The SMILES string of the molecule is O=C(NCc1ccc(Nc2cc(F)c(N3CCCCC3)c(F)c2)cc1)C1CCCN1C(=O)O. The van der Waals surface area contributed by atoms with Crippen LogP contribution in [0.2, 0.25) is 0 Å². The van der Waals surface area contributed by atoms with Crippen molar-refractivity contribution in [2.45, 2.75) is 44.7 Å². The second-order valence-corrected chi connectivity index (χ2v) is 8.51. The number of hydrogen-bond acceptors (Lipinski definition) is 4. The molecular formula is C24H28F2N4O3. The van der Waals surface area contributed by atoms with Gasteiger partial charge in [0.1, 0.15) is 11.7 Å². The van der Waals surface area contributed by atoms with Crippen molar-refractivity contribution in [3.63, 3.8) is 0 Å². The highest BCUT2D eigenvalue weighted by molar-refractivity contribution is 5.85. The zero-order valence-corrected chi connectivity index (χ0v) is 18.3. The summed E-state index contributed by atoms with van der Waals surface area (Å²) in [6.07, 6.45) is 3.06. The van der Waals surface area contributed by atoms with Gasteiger partial charge >= 0.3 is 6.09 Å². The normalized spacial score (nSPS) is 18.3. The monoisotopic (exact) mass is 458 g/mol. The number of carbonyl (C=O) groups is 2. The van der Waals surface area contributed by atoms with E-state index < -0.39 is 23.8 Å². The van der Waals surface area contributed by atoms with Crippen LogP contribution in [0.25, 0.3) is 0 Å². The van der Waals surface area contributed by atoms with Crippen LogP contribution in [0.3, 0.4) is 0 Å². The second kappa shape index (κ2) is 10.1. The highest BCUT2D eigenvalue weighted by atomic mass is 19.1. The molecule has 2 amide bonds. The number of carboxylic acid groups (broad SMARTS) is 1. The minimum atomic E-state index is -1.08. The number of carbonyl (C=O) groups excluding carboxylic acids is 1. The minimum absolute atomic E-state index is 0.0371. The molecular weight excluding hydrogens is 430 g/mol. The van der Waals surface area contributed by atoms with Crippen molar-refractivity contribution < 1.29 is 23.5 Å². The molecule has 2 fully saturated rings. The highest BCUT2D eigenvalue weighted by Crippen LogP contribution is 2.30. The lowest BCUT2D eigenvalue weighted by molar-refractivity contribution is -0.125. The van der Waals surface area contributed by atoms with Crippen LogP contribution in [0, 0.1) is 11.6 Å². The van der Waals surface area contributed by atoms with Gasteiger partial charge in [-0.1, -0.05) is 12.1 Å². The molecule has 2 aliphatic rings. The molecule has 2 aromatic carbocycles. The Morgan fingerprint density at radius 1 is 0.939 bits per heavy atom. The van der Waals surface area contributed by atoms with Crippen LogP contribution < -0.4 is 15.5 Å². The van der Waals surface area contributed by atoms with E-state index in [4.69, 9.17) is 0 Å². The Hall–Kier alpha value is -3.36. The molecule has 2 heterocycles. The number of piperidine rings is 1. The number of amides is 2. The summed E-state index contributed by atoms with van der Waals surface area (Å²) in [5.41, 5.74) is 1.84. The van der Waals surface area contributed by atoms with Gasteiger partial charge in [0.2, 0.25) is 5.91 Å². The van der Waals surface area contributed by atoms with E-state index >= 15 is 0 Å². The molecule has 0 aromatic heterocycles. The van der Waals surface area contributed by atoms with E-state index in [1.807, 2.05) is 0 Å². The molecule has 0 spiro atoms. The number of nitrogens with zero attached hydrogens (tertiary/aromatic N) is 2. The molecule has 1 unspecified atom stereocenters. The minimum Gasteiger partial charge on any atom is -0.465 e. The van der Waals surface area contributed by atoms with Crippen LogP contribution in [0.1, 0.15) is 37.7 Å². The third kappa shape index (κ3) is 5.35. The molecule has 33 heavy (non-hydrogen) atoms. The van der Waals surface area contributed by atoms with Crippen molar-refractivity contribution in [2.75, 3.05) is 29.9 Å². The van der Waals surface area contributed by atoms with Crippen molar-refractivity contribution in [2.24, 2.45) is 0 Å². The fraction of sp³-hybridized carbons (Fsp3) is 0.417. The molecule has 2 aliphatic heterocycles. The maximum absolute atomic E-state index is 14.6. The van der Waals surface area contributed by atoms with Gasteiger partial charge in [0, 0.05) is 37.6 Å². The summed E-state index contributed by atoms with van der Waals surface area (Å²) in [6, 6.07) is 9.06. The molecule has 0 bridgehead atoms. The molecule has 7 nitrogen and oxygen atoms in total. The summed E-state index contributed by atoms with van der Waals surface area (Å²) in [4.78, 5) is 26.5. The predicted octanol–water partition coefficient (Wildman–Crippen LogP) is 4.46. The first-order valence-electron chi connectivity index (χ1n) is 11.3. The van der Waals surface area contributed by atoms with E-state index in [9.17, 15) is 23.5 Å². The summed E-state index contributed by atoms with van der Waals surface area (Å²) in [5, 5.41) is 15.0. The van der Waals surface area contributed by atoms with E-state index in [1.165, 1.54) is 12.1 Å². The van der Waals surface area contributed by atoms with E-state index in [-0.39, 0.29) is 18.1 Å². The number of hydrogen-bond donors (Lipinski definition) is 3. The van der Waals surface area contributed by atoms with Crippen LogP contribution in [0.5, 0.6) is 0 Å². The Kier molecular flexibility index (Phi) is 6.96. The fourth-order valence-electron chi connectivity index (χ4n) is 4.51. The summed E-state index contributed by atoms with van der Waals surface area (Å²) in [7, 11) is 0. The molecule has 2 aromatic rings. The van der Waals surface area contributed by atoms with Crippen LogP contribution in [-0.4, -0.2) is 47.7 Å². The van der Waals surface area contributed by atoms with Gasteiger partial charge < -0.3 is 20.6 Å². The Morgan fingerprint density at radius 3 is 2.24 bits per heavy atom. The van der Waals surface area contributed by atoms with Crippen molar-refractivity contribution in [1.82, 2.24) is 10.2 Å². The number of nitrogens with one attached hydrogen (secondary N) is 2. The van der Waals surface area contributed by atoms with Crippen molar-refractivity contribution in [3.8, 4) is 0 Å².